The van der Waals surface area contributed by atoms with Crippen LogP contribution in [0.3, 0.4) is 0 Å². The molecule has 0 saturated carbocycles. The summed E-state index contributed by atoms with van der Waals surface area (Å²) in [4.78, 5) is 26.8. The maximum atomic E-state index is 12.0. The van der Waals surface area contributed by atoms with E-state index in [0.29, 0.717) is 26.2 Å². The third-order valence-corrected chi connectivity index (χ3v) is 3.99. The van der Waals surface area contributed by atoms with Gasteiger partial charge in [-0.2, -0.15) is 0 Å². The molecule has 0 aromatic heterocycles. The molecule has 2 aliphatic rings. The predicted molar refractivity (Wildman–Crippen MR) is 70.3 cm³/mol. The van der Waals surface area contributed by atoms with E-state index in [1.165, 1.54) is 0 Å². The molecular formula is C10H18ClN3O2S. The van der Waals surface area contributed by atoms with Gasteiger partial charge < -0.3 is 9.80 Å². The van der Waals surface area contributed by atoms with Crippen LogP contribution in [0, 0.1) is 0 Å². The van der Waals surface area contributed by atoms with Crippen LogP contribution in [0.2, 0.25) is 0 Å². The molecule has 2 fully saturated rings. The quantitative estimate of drug-likeness (QED) is 0.720. The first-order valence-corrected chi connectivity index (χ1v) is 6.69. The second-order valence-electron chi connectivity index (χ2n) is 4.10. The van der Waals surface area contributed by atoms with Gasteiger partial charge in [0, 0.05) is 44.7 Å². The van der Waals surface area contributed by atoms with Gasteiger partial charge in [-0.15, -0.1) is 24.2 Å². The van der Waals surface area contributed by atoms with Crippen LogP contribution < -0.4 is 5.32 Å². The van der Waals surface area contributed by atoms with Crippen molar-refractivity contribution in [2.24, 2.45) is 0 Å². The van der Waals surface area contributed by atoms with Crippen molar-refractivity contribution in [3.8, 4) is 0 Å². The van der Waals surface area contributed by atoms with E-state index < -0.39 is 0 Å². The Morgan fingerprint density at radius 1 is 1.18 bits per heavy atom. The third kappa shape index (κ3) is 3.50. The molecule has 1 N–H and O–H groups in total. The van der Waals surface area contributed by atoms with Crippen molar-refractivity contribution in [3.05, 3.63) is 0 Å². The van der Waals surface area contributed by atoms with E-state index in [4.69, 9.17) is 0 Å². The smallest absolute Gasteiger partial charge is 0.240 e. The highest BCUT2D eigenvalue weighted by molar-refractivity contribution is 7.99. The van der Waals surface area contributed by atoms with Gasteiger partial charge in [0.2, 0.25) is 11.8 Å². The van der Waals surface area contributed by atoms with Gasteiger partial charge in [0.05, 0.1) is 6.04 Å². The number of hydrogen-bond donors (Lipinski definition) is 1. The van der Waals surface area contributed by atoms with Gasteiger partial charge in [0.15, 0.2) is 0 Å². The topological polar surface area (TPSA) is 52.7 Å². The fourth-order valence-corrected chi connectivity index (χ4v) is 2.95. The average molecular weight is 280 g/mol. The molecule has 5 nitrogen and oxygen atoms in total. The Balaban J connectivity index is 0.00000144. The maximum absolute atomic E-state index is 12.0. The summed E-state index contributed by atoms with van der Waals surface area (Å²) in [5.41, 5.74) is 0. The number of nitrogens with zero attached hydrogens (tertiary/aromatic N) is 2. The Kier molecular flexibility index (Phi) is 5.55. The minimum atomic E-state index is -0.0196. The van der Waals surface area contributed by atoms with E-state index in [-0.39, 0.29) is 30.3 Å². The Hall–Kier alpha value is -0.460. The minimum absolute atomic E-state index is 0. The first kappa shape index (κ1) is 14.6. The van der Waals surface area contributed by atoms with Crippen LogP contribution in [-0.4, -0.2) is 65.5 Å². The van der Waals surface area contributed by atoms with Gasteiger partial charge in [-0.3, -0.25) is 14.9 Å². The van der Waals surface area contributed by atoms with E-state index in [0.717, 1.165) is 11.6 Å². The molecule has 1 unspecified atom stereocenters. The van der Waals surface area contributed by atoms with E-state index in [2.05, 4.69) is 5.32 Å². The Labute approximate surface area is 112 Å². The lowest BCUT2D eigenvalue weighted by Gasteiger charge is -2.35. The monoisotopic (exact) mass is 279 g/mol. The number of rotatable bonds is 1. The van der Waals surface area contributed by atoms with E-state index in [1.54, 1.807) is 23.6 Å². The number of piperazine rings is 1. The largest absolute Gasteiger partial charge is 0.339 e. The lowest BCUT2D eigenvalue weighted by molar-refractivity contribution is -0.139. The van der Waals surface area contributed by atoms with Crippen molar-refractivity contribution < 1.29 is 9.59 Å². The molecule has 2 heterocycles. The van der Waals surface area contributed by atoms with Gasteiger partial charge in [0.25, 0.3) is 0 Å². The number of carbonyl (C=O) groups is 2. The molecule has 0 aromatic carbocycles. The number of hydrogen-bond acceptors (Lipinski definition) is 4. The number of halogens is 1. The molecule has 2 amide bonds. The zero-order chi connectivity index (χ0) is 11.5. The highest BCUT2D eigenvalue weighted by Gasteiger charge is 2.29. The molecular weight excluding hydrogens is 262 g/mol. The molecule has 1 atom stereocenters. The minimum Gasteiger partial charge on any atom is -0.339 e. The van der Waals surface area contributed by atoms with Gasteiger partial charge in [0.1, 0.15) is 0 Å². The Morgan fingerprint density at radius 3 is 2.24 bits per heavy atom. The Morgan fingerprint density at radius 2 is 1.76 bits per heavy atom. The first-order valence-electron chi connectivity index (χ1n) is 5.54. The zero-order valence-electron chi connectivity index (χ0n) is 9.85. The van der Waals surface area contributed by atoms with Crippen LogP contribution in [0.1, 0.15) is 6.92 Å². The van der Waals surface area contributed by atoms with Gasteiger partial charge in [-0.05, 0) is 0 Å². The number of amides is 2. The summed E-state index contributed by atoms with van der Waals surface area (Å²) in [6, 6.07) is -0.0196. The van der Waals surface area contributed by atoms with E-state index in [9.17, 15) is 9.59 Å². The maximum Gasteiger partial charge on any atom is 0.240 e. The first-order chi connectivity index (χ1) is 7.68. The van der Waals surface area contributed by atoms with Crippen molar-refractivity contribution >= 4 is 36.0 Å². The number of carbonyl (C=O) groups excluding carboxylic acids is 2. The third-order valence-electron chi connectivity index (χ3n) is 3.05. The summed E-state index contributed by atoms with van der Waals surface area (Å²) in [7, 11) is 0. The van der Waals surface area contributed by atoms with Crippen molar-refractivity contribution in [1.82, 2.24) is 15.1 Å². The molecule has 2 rings (SSSR count). The molecule has 98 valence electrons. The molecule has 2 saturated heterocycles. The van der Waals surface area contributed by atoms with Crippen LogP contribution in [-0.2, 0) is 9.59 Å². The summed E-state index contributed by atoms with van der Waals surface area (Å²) < 4.78 is 0. The van der Waals surface area contributed by atoms with Crippen molar-refractivity contribution in [1.29, 1.82) is 0 Å². The van der Waals surface area contributed by atoms with Crippen LogP contribution >= 0.6 is 24.2 Å². The van der Waals surface area contributed by atoms with Crippen LogP contribution in [0.5, 0.6) is 0 Å². The summed E-state index contributed by atoms with van der Waals surface area (Å²) in [6.45, 7) is 4.25. The normalized spacial score (nSPS) is 24.4. The SMILES string of the molecule is CC(=O)N1CCN(C(=O)C2CSCN2)CC1.Cl. The highest BCUT2D eigenvalue weighted by atomic mass is 35.5. The van der Waals surface area contributed by atoms with E-state index in [1.807, 2.05) is 4.90 Å². The second kappa shape index (κ2) is 6.47. The number of thioether (sulfide) groups is 1. The molecule has 0 aliphatic carbocycles. The molecule has 2 aliphatic heterocycles. The number of nitrogens with one attached hydrogen (secondary N) is 1. The fourth-order valence-electron chi connectivity index (χ4n) is 2.02. The van der Waals surface area contributed by atoms with Crippen molar-refractivity contribution in [2.45, 2.75) is 13.0 Å². The highest BCUT2D eigenvalue weighted by Crippen LogP contribution is 2.13. The summed E-state index contributed by atoms with van der Waals surface area (Å²) in [5, 5.41) is 3.18. The molecule has 7 heteroatoms. The van der Waals surface area contributed by atoms with Gasteiger partial charge >= 0.3 is 0 Å². The molecule has 0 aromatic rings. The lowest BCUT2D eigenvalue weighted by atomic mass is 10.2. The molecule has 0 bridgehead atoms. The second-order valence-corrected chi connectivity index (χ2v) is 5.13. The summed E-state index contributed by atoms with van der Waals surface area (Å²) >= 11 is 1.76. The van der Waals surface area contributed by atoms with Crippen LogP contribution in [0.25, 0.3) is 0 Å². The molecule has 17 heavy (non-hydrogen) atoms. The van der Waals surface area contributed by atoms with Crippen LogP contribution in [0.4, 0.5) is 0 Å². The standard InChI is InChI=1S/C10H17N3O2S.ClH/c1-8(14)12-2-4-13(5-3-12)10(15)9-6-16-7-11-9;/h9,11H,2-7H2,1H3;1H. The Bertz CT molecular complexity index is 289. The van der Waals surface area contributed by atoms with Crippen LogP contribution in [0.15, 0.2) is 0 Å². The van der Waals surface area contributed by atoms with E-state index >= 15 is 0 Å². The lowest BCUT2D eigenvalue weighted by Crippen LogP contribution is -2.54. The molecule has 0 spiro atoms. The zero-order valence-corrected chi connectivity index (χ0v) is 11.5. The van der Waals surface area contributed by atoms with Gasteiger partial charge in [-0.25, -0.2) is 0 Å². The summed E-state index contributed by atoms with van der Waals surface area (Å²) in [6.07, 6.45) is 0. The predicted octanol–water partition coefficient (Wildman–Crippen LogP) is -0.239. The summed E-state index contributed by atoms with van der Waals surface area (Å²) in [5.74, 6) is 2.02. The van der Waals surface area contributed by atoms with Gasteiger partial charge in [-0.1, -0.05) is 0 Å². The fraction of sp³-hybridized carbons (Fsp3) is 0.800. The molecule has 0 radical (unpaired) electrons. The average Bonchev–Trinajstić information content (AvgIpc) is 2.81. The van der Waals surface area contributed by atoms with Crippen molar-refractivity contribution in [3.63, 3.8) is 0 Å². The van der Waals surface area contributed by atoms with Crippen molar-refractivity contribution in [2.75, 3.05) is 37.8 Å².